The molecule has 152 valence electrons. The number of thiazole rings is 1. The summed E-state index contributed by atoms with van der Waals surface area (Å²) in [6, 6.07) is 4.50. The number of ether oxygens (including phenoxy) is 2. The topological polar surface area (TPSA) is 97.8 Å². The Bertz CT molecular complexity index is 950. The summed E-state index contributed by atoms with van der Waals surface area (Å²) >= 11 is 1.26. The lowest BCUT2D eigenvalue weighted by Crippen LogP contribution is -2.40. The van der Waals surface area contributed by atoms with E-state index < -0.39 is 10.0 Å². The number of carbonyl (C=O) groups excluding carboxylic acids is 1. The monoisotopic (exact) mass is 425 g/mol. The summed E-state index contributed by atoms with van der Waals surface area (Å²) in [5.41, 5.74) is 0.305. The second-order valence-electron chi connectivity index (χ2n) is 6.54. The van der Waals surface area contributed by atoms with Crippen molar-refractivity contribution in [2.24, 2.45) is 0 Å². The number of hydrogen-bond donors (Lipinski definition) is 1. The molecule has 3 rings (SSSR count). The summed E-state index contributed by atoms with van der Waals surface area (Å²) in [6.07, 6.45) is 1.36. The van der Waals surface area contributed by atoms with Crippen LogP contribution in [0.25, 0.3) is 0 Å². The molecular weight excluding hydrogens is 402 g/mol. The van der Waals surface area contributed by atoms with Crippen molar-refractivity contribution < 1.29 is 22.7 Å². The molecule has 1 aromatic heterocycles. The first-order valence-corrected chi connectivity index (χ1v) is 11.2. The van der Waals surface area contributed by atoms with Crippen molar-refractivity contribution in [3.05, 3.63) is 34.3 Å². The Morgan fingerprint density at radius 1 is 1.32 bits per heavy atom. The molecule has 1 aromatic carbocycles. The molecule has 0 saturated carbocycles. The third-order valence-electron chi connectivity index (χ3n) is 4.01. The van der Waals surface area contributed by atoms with E-state index in [0.29, 0.717) is 42.6 Å². The molecule has 0 spiro atoms. The van der Waals surface area contributed by atoms with Crippen LogP contribution < -0.4 is 10.1 Å². The van der Waals surface area contributed by atoms with Gasteiger partial charge in [0, 0.05) is 13.1 Å². The van der Waals surface area contributed by atoms with Crippen molar-refractivity contribution in [1.29, 1.82) is 0 Å². The Morgan fingerprint density at radius 3 is 2.64 bits per heavy atom. The average Bonchev–Trinajstić information content (AvgIpc) is 3.10. The molecule has 1 fully saturated rings. The van der Waals surface area contributed by atoms with Gasteiger partial charge >= 0.3 is 0 Å². The van der Waals surface area contributed by atoms with E-state index in [2.05, 4.69) is 10.3 Å². The molecule has 2 aromatic rings. The number of rotatable bonds is 6. The molecular formula is C18H23N3O5S2. The van der Waals surface area contributed by atoms with Crippen LogP contribution in [0.5, 0.6) is 5.75 Å². The van der Waals surface area contributed by atoms with Gasteiger partial charge in [-0.2, -0.15) is 4.31 Å². The minimum Gasteiger partial charge on any atom is -0.489 e. The second kappa shape index (κ2) is 8.56. The summed E-state index contributed by atoms with van der Waals surface area (Å²) in [4.78, 5) is 17.2. The maximum absolute atomic E-state index is 12.9. The van der Waals surface area contributed by atoms with Crippen molar-refractivity contribution in [1.82, 2.24) is 9.29 Å². The molecule has 8 nitrogen and oxygen atoms in total. The number of nitrogens with one attached hydrogen (secondary N) is 1. The second-order valence-corrected chi connectivity index (χ2v) is 9.71. The zero-order valence-electron chi connectivity index (χ0n) is 16.0. The van der Waals surface area contributed by atoms with Crippen molar-refractivity contribution in [3.8, 4) is 5.75 Å². The number of anilines is 1. The summed E-state index contributed by atoms with van der Waals surface area (Å²) in [7, 11) is -3.69. The van der Waals surface area contributed by atoms with Crippen molar-refractivity contribution >= 4 is 33.0 Å². The predicted octanol–water partition coefficient (Wildman–Crippen LogP) is 2.51. The SMILES string of the molecule is Cc1ncc(C(=O)Nc2cc(S(=O)(=O)N3CCOCC3)ccc2OC(C)C)s1. The standard InChI is InChI=1S/C18H23N3O5S2/c1-12(2)26-16-5-4-14(28(23,24)21-6-8-25-9-7-21)10-15(16)20-18(22)17-11-19-13(3)27-17/h4-5,10-12H,6-9H2,1-3H3,(H,20,22). The number of hydrogen-bond acceptors (Lipinski definition) is 7. The molecule has 1 saturated heterocycles. The van der Waals surface area contributed by atoms with Gasteiger partial charge in [0.05, 0.1) is 41.1 Å². The lowest BCUT2D eigenvalue weighted by atomic mass is 10.2. The average molecular weight is 426 g/mol. The molecule has 10 heteroatoms. The smallest absolute Gasteiger partial charge is 0.267 e. The molecule has 1 aliphatic rings. The van der Waals surface area contributed by atoms with Crippen molar-refractivity contribution in [3.63, 3.8) is 0 Å². The normalized spacial score (nSPS) is 15.6. The van der Waals surface area contributed by atoms with E-state index in [1.54, 1.807) is 6.07 Å². The number of morpholine rings is 1. The number of carbonyl (C=O) groups is 1. The lowest BCUT2D eigenvalue weighted by Gasteiger charge is -2.26. The van der Waals surface area contributed by atoms with Crippen LogP contribution in [-0.4, -0.2) is 56.0 Å². The van der Waals surface area contributed by atoms with Crippen LogP contribution in [0.1, 0.15) is 28.5 Å². The summed E-state index contributed by atoms with van der Waals surface area (Å²) in [5, 5.41) is 3.53. The highest BCUT2D eigenvalue weighted by molar-refractivity contribution is 7.89. The number of sulfonamides is 1. The van der Waals surface area contributed by atoms with Gasteiger partial charge in [-0.15, -0.1) is 11.3 Å². The van der Waals surface area contributed by atoms with Crippen molar-refractivity contribution in [2.45, 2.75) is 31.8 Å². The minimum atomic E-state index is -3.69. The quantitative estimate of drug-likeness (QED) is 0.764. The zero-order chi connectivity index (χ0) is 20.3. The molecule has 0 bridgehead atoms. The number of aromatic nitrogens is 1. The first kappa shape index (κ1) is 20.7. The van der Waals surface area contributed by atoms with E-state index in [1.165, 1.54) is 34.0 Å². The van der Waals surface area contributed by atoms with E-state index in [1.807, 2.05) is 20.8 Å². The number of benzene rings is 1. The summed E-state index contributed by atoms with van der Waals surface area (Å²) in [6.45, 7) is 6.85. The first-order chi connectivity index (χ1) is 13.3. The van der Waals surface area contributed by atoms with Crippen LogP contribution in [0.4, 0.5) is 5.69 Å². The van der Waals surface area contributed by atoms with Gasteiger partial charge in [-0.05, 0) is 39.0 Å². The first-order valence-electron chi connectivity index (χ1n) is 8.90. The summed E-state index contributed by atoms with van der Waals surface area (Å²) in [5.74, 6) is 0.0469. The Hall–Kier alpha value is -2.01. The van der Waals surface area contributed by atoms with Gasteiger partial charge in [0.25, 0.3) is 5.91 Å². The predicted molar refractivity (Wildman–Crippen MR) is 107 cm³/mol. The highest BCUT2D eigenvalue weighted by Gasteiger charge is 2.27. The number of amides is 1. The fourth-order valence-electron chi connectivity index (χ4n) is 2.71. The molecule has 1 N–H and O–H groups in total. The maximum Gasteiger partial charge on any atom is 0.267 e. The van der Waals surface area contributed by atoms with Crippen LogP contribution in [0.3, 0.4) is 0 Å². The molecule has 2 heterocycles. The largest absolute Gasteiger partial charge is 0.489 e. The molecule has 0 radical (unpaired) electrons. The Balaban J connectivity index is 1.93. The van der Waals surface area contributed by atoms with Gasteiger partial charge < -0.3 is 14.8 Å². The zero-order valence-corrected chi connectivity index (χ0v) is 17.6. The van der Waals surface area contributed by atoms with Crippen LogP contribution in [0.2, 0.25) is 0 Å². The van der Waals surface area contributed by atoms with Gasteiger partial charge in [-0.1, -0.05) is 0 Å². The highest BCUT2D eigenvalue weighted by atomic mass is 32.2. The van der Waals surface area contributed by atoms with Gasteiger partial charge in [0.15, 0.2) is 0 Å². The van der Waals surface area contributed by atoms with Crippen LogP contribution in [0.15, 0.2) is 29.3 Å². The van der Waals surface area contributed by atoms with Gasteiger partial charge in [-0.3, -0.25) is 4.79 Å². The minimum absolute atomic E-state index is 0.0984. The number of aryl methyl sites for hydroxylation is 1. The van der Waals surface area contributed by atoms with Crippen molar-refractivity contribution in [2.75, 3.05) is 31.6 Å². The van der Waals surface area contributed by atoms with E-state index in [9.17, 15) is 13.2 Å². The third-order valence-corrected chi connectivity index (χ3v) is 6.82. The van der Waals surface area contributed by atoms with Crippen LogP contribution in [0, 0.1) is 6.92 Å². The van der Waals surface area contributed by atoms with Gasteiger partial charge in [0.2, 0.25) is 10.0 Å². The molecule has 1 aliphatic heterocycles. The Morgan fingerprint density at radius 2 is 2.04 bits per heavy atom. The molecule has 0 atom stereocenters. The van der Waals surface area contributed by atoms with E-state index in [4.69, 9.17) is 9.47 Å². The Kier molecular flexibility index (Phi) is 6.33. The maximum atomic E-state index is 12.9. The summed E-state index contributed by atoms with van der Waals surface area (Å²) < 4.78 is 38.2. The van der Waals surface area contributed by atoms with Crippen LogP contribution >= 0.6 is 11.3 Å². The van der Waals surface area contributed by atoms with Gasteiger partial charge in [-0.25, -0.2) is 13.4 Å². The van der Waals surface area contributed by atoms with Crippen LogP contribution in [-0.2, 0) is 14.8 Å². The molecule has 0 aliphatic carbocycles. The molecule has 1 amide bonds. The fourth-order valence-corrected chi connectivity index (χ4v) is 4.82. The third kappa shape index (κ3) is 4.69. The molecule has 0 unspecified atom stereocenters. The highest BCUT2D eigenvalue weighted by Crippen LogP contribution is 2.31. The van der Waals surface area contributed by atoms with E-state index in [-0.39, 0.29) is 16.9 Å². The fraction of sp³-hybridized carbons (Fsp3) is 0.444. The Labute approximate surface area is 168 Å². The van der Waals surface area contributed by atoms with E-state index in [0.717, 1.165) is 5.01 Å². The number of nitrogens with zero attached hydrogens (tertiary/aromatic N) is 2. The van der Waals surface area contributed by atoms with Gasteiger partial charge in [0.1, 0.15) is 10.6 Å². The van der Waals surface area contributed by atoms with E-state index >= 15 is 0 Å². The molecule has 28 heavy (non-hydrogen) atoms. The lowest BCUT2D eigenvalue weighted by molar-refractivity contribution is 0.0730.